The SMILES string of the molecule is O=C(C(=Cc1ccc(F)cc1)c1nc2ccccc2[nH]1)c1ccccc1. The number of Topliss-reactive ketones (excluding diaryl/α,β-unsaturated/α-hetero) is 1. The number of fused-ring (bicyclic) bond motifs is 1. The van der Waals surface area contributed by atoms with Crippen LogP contribution in [0.1, 0.15) is 21.7 Å². The molecule has 0 fully saturated rings. The molecule has 1 heterocycles. The van der Waals surface area contributed by atoms with E-state index >= 15 is 0 Å². The first-order chi connectivity index (χ1) is 12.7. The highest BCUT2D eigenvalue weighted by molar-refractivity contribution is 6.31. The van der Waals surface area contributed by atoms with Gasteiger partial charge in [-0.05, 0) is 35.9 Å². The number of carbonyl (C=O) groups is 1. The van der Waals surface area contributed by atoms with Crippen molar-refractivity contribution < 1.29 is 9.18 Å². The number of aromatic nitrogens is 2. The summed E-state index contributed by atoms with van der Waals surface area (Å²) in [5.74, 6) is 0.0279. The molecule has 126 valence electrons. The zero-order valence-electron chi connectivity index (χ0n) is 13.8. The number of allylic oxidation sites excluding steroid dienone is 1. The van der Waals surface area contributed by atoms with E-state index in [0.717, 1.165) is 16.6 Å². The van der Waals surface area contributed by atoms with Crippen molar-refractivity contribution in [2.75, 3.05) is 0 Å². The van der Waals surface area contributed by atoms with Crippen molar-refractivity contribution in [3.8, 4) is 0 Å². The molecule has 0 amide bonds. The van der Waals surface area contributed by atoms with Crippen LogP contribution in [0.3, 0.4) is 0 Å². The summed E-state index contributed by atoms with van der Waals surface area (Å²) in [6.45, 7) is 0. The average molecular weight is 342 g/mol. The van der Waals surface area contributed by atoms with Crippen LogP contribution in [0.4, 0.5) is 4.39 Å². The summed E-state index contributed by atoms with van der Waals surface area (Å²) in [6, 6.07) is 22.7. The van der Waals surface area contributed by atoms with E-state index in [-0.39, 0.29) is 11.6 Å². The van der Waals surface area contributed by atoms with Gasteiger partial charge in [-0.25, -0.2) is 9.37 Å². The van der Waals surface area contributed by atoms with E-state index in [1.807, 2.05) is 42.5 Å². The molecule has 3 aromatic carbocycles. The Morgan fingerprint density at radius 2 is 1.58 bits per heavy atom. The topological polar surface area (TPSA) is 45.8 Å². The third kappa shape index (κ3) is 3.17. The molecular weight excluding hydrogens is 327 g/mol. The molecule has 0 atom stereocenters. The predicted octanol–water partition coefficient (Wildman–Crippen LogP) is 5.13. The highest BCUT2D eigenvalue weighted by Crippen LogP contribution is 2.23. The summed E-state index contributed by atoms with van der Waals surface area (Å²) in [6.07, 6.45) is 1.73. The number of H-pyrrole nitrogens is 1. The molecule has 4 rings (SSSR count). The molecule has 1 aromatic heterocycles. The number of carbonyl (C=O) groups excluding carboxylic acids is 1. The summed E-state index contributed by atoms with van der Waals surface area (Å²) >= 11 is 0. The highest BCUT2D eigenvalue weighted by atomic mass is 19.1. The second-order valence-corrected chi connectivity index (χ2v) is 5.91. The first kappa shape index (κ1) is 16.0. The van der Waals surface area contributed by atoms with Gasteiger partial charge in [0.25, 0.3) is 0 Å². The van der Waals surface area contributed by atoms with Crippen LogP contribution in [0.15, 0.2) is 78.9 Å². The molecule has 0 radical (unpaired) electrons. The quantitative estimate of drug-likeness (QED) is 0.413. The minimum Gasteiger partial charge on any atom is -0.338 e. The third-order valence-electron chi connectivity index (χ3n) is 4.11. The predicted molar refractivity (Wildman–Crippen MR) is 101 cm³/mol. The van der Waals surface area contributed by atoms with Crippen molar-refractivity contribution in [3.05, 3.63) is 102 Å². The summed E-state index contributed by atoms with van der Waals surface area (Å²) in [5.41, 5.74) is 3.37. The smallest absolute Gasteiger partial charge is 0.196 e. The van der Waals surface area contributed by atoms with E-state index in [0.29, 0.717) is 17.0 Å². The van der Waals surface area contributed by atoms with Crippen molar-refractivity contribution in [1.29, 1.82) is 0 Å². The summed E-state index contributed by atoms with van der Waals surface area (Å²) in [7, 11) is 0. The van der Waals surface area contributed by atoms with E-state index < -0.39 is 0 Å². The van der Waals surface area contributed by atoms with Crippen molar-refractivity contribution in [2.45, 2.75) is 0 Å². The number of benzene rings is 3. The maximum absolute atomic E-state index is 13.2. The molecular formula is C22H15FN2O. The van der Waals surface area contributed by atoms with Crippen LogP contribution in [0, 0.1) is 5.82 Å². The minimum atomic E-state index is -0.318. The Balaban J connectivity index is 1.85. The fourth-order valence-corrected chi connectivity index (χ4v) is 2.79. The van der Waals surface area contributed by atoms with Gasteiger partial charge in [0.2, 0.25) is 0 Å². The minimum absolute atomic E-state index is 0.144. The number of para-hydroxylation sites is 2. The van der Waals surface area contributed by atoms with Gasteiger partial charge in [-0.3, -0.25) is 4.79 Å². The van der Waals surface area contributed by atoms with E-state index in [1.54, 1.807) is 30.3 Å². The first-order valence-electron chi connectivity index (χ1n) is 8.23. The molecule has 0 saturated carbocycles. The van der Waals surface area contributed by atoms with Crippen LogP contribution < -0.4 is 0 Å². The highest BCUT2D eigenvalue weighted by Gasteiger charge is 2.18. The molecule has 0 aliphatic rings. The van der Waals surface area contributed by atoms with E-state index in [1.165, 1.54) is 12.1 Å². The zero-order valence-corrected chi connectivity index (χ0v) is 13.8. The lowest BCUT2D eigenvalue weighted by Crippen LogP contribution is -2.04. The van der Waals surface area contributed by atoms with Gasteiger partial charge in [-0.2, -0.15) is 0 Å². The molecule has 0 aliphatic carbocycles. The Morgan fingerprint density at radius 3 is 2.31 bits per heavy atom. The van der Waals surface area contributed by atoms with Crippen molar-refractivity contribution in [1.82, 2.24) is 9.97 Å². The van der Waals surface area contributed by atoms with Gasteiger partial charge in [0.1, 0.15) is 11.6 Å². The second kappa shape index (κ2) is 6.76. The normalized spacial score (nSPS) is 11.7. The van der Waals surface area contributed by atoms with E-state index in [4.69, 9.17) is 0 Å². The summed E-state index contributed by atoms with van der Waals surface area (Å²) < 4.78 is 13.2. The first-order valence-corrected chi connectivity index (χ1v) is 8.23. The number of rotatable bonds is 4. The Hall–Kier alpha value is -3.53. The van der Waals surface area contributed by atoms with Crippen LogP contribution in [-0.4, -0.2) is 15.8 Å². The number of hydrogen-bond donors (Lipinski definition) is 1. The molecule has 4 aromatic rings. The molecule has 0 unspecified atom stereocenters. The number of imidazole rings is 1. The van der Waals surface area contributed by atoms with Crippen LogP contribution in [0.2, 0.25) is 0 Å². The molecule has 0 bridgehead atoms. The van der Waals surface area contributed by atoms with Crippen LogP contribution in [-0.2, 0) is 0 Å². The summed E-state index contributed by atoms with van der Waals surface area (Å²) in [5, 5.41) is 0. The third-order valence-corrected chi connectivity index (χ3v) is 4.11. The van der Waals surface area contributed by atoms with Gasteiger partial charge < -0.3 is 4.98 Å². The Morgan fingerprint density at radius 1 is 0.885 bits per heavy atom. The molecule has 1 N–H and O–H groups in total. The maximum atomic E-state index is 13.2. The number of aromatic amines is 1. The largest absolute Gasteiger partial charge is 0.338 e. The fourth-order valence-electron chi connectivity index (χ4n) is 2.79. The Labute approximate surface area is 149 Å². The summed E-state index contributed by atoms with van der Waals surface area (Å²) in [4.78, 5) is 20.8. The Kier molecular flexibility index (Phi) is 4.15. The number of halogens is 1. The van der Waals surface area contributed by atoms with Crippen LogP contribution in [0.5, 0.6) is 0 Å². The lowest BCUT2D eigenvalue weighted by Gasteiger charge is -2.05. The van der Waals surface area contributed by atoms with E-state index in [9.17, 15) is 9.18 Å². The second-order valence-electron chi connectivity index (χ2n) is 5.91. The van der Waals surface area contributed by atoms with Crippen LogP contribution >= 0.6 is 0 Å². The van der Waals surface area contributed by atoms with Gasteiger partial charge in [-0.15, -0.1) is 0 Å². The maximum Gasteiger partial charge on any atom is 0.196 e. The molecule has 4 heteroatoms. The number of nitrogens with one attached hydrogen (secondary N) is 1. The lowest BCUT2D eigenvalue weighted by atomic mass is 10.0. The van der Waals surface area contributed by atoms with E-state index in [2.05, 4.69) is 9.97 Å². The monoisotopic (exact) mass is 342 g/mol. The van der Waals surface area contributed by atoms with Gasteiger partial charge >= 0.3 is 0 Å². The van der Waals surface area contributed by atoms with Crippen molar-refractivity contribution in [2.24, 2.45) is 0 Å². The molecule has 3 nitrogen and oxygen atoms in total. The van der Waals surface area contributed by atoms with Gasteiger partial charge in [0.05, 0.1) is 16.6 Å². The van der Waals surface area contributed by atoms with Crippen molar-refractivity contribution in [3.63, 3.8) is 0 Å². The van der Waals surface area contributed by atoms with Gasteiger partial charge in [-0.1, -0.05) is 54.6 Å². The number of nitrogens with zero attached hydrogens (tertiary/aromatic N) is 1. The number of hydrogen-bond acceptors (Lipinski definition) is 2. The van der Waals surface area contributed by atoms with Gasteiger partial charge in [0, 0.05) is 5.56 Å². The Bertz CT molecular complexity index is 1060. The molecule has 26 heavy (non-hydrogen) atoms. The molecule has 0 spiro atoms. The molecule has 0 saturated heterocycles. The fraction of sp³-hybridized carbons (Fsp3) is 0. The number of ketones is 1. The van der Waals surface area contributed by atoms with Crippen LogP contribution in [0.25, 0.3) is 22.7 Å². The standard InChI is InChI=1S/C22H15FN2O/c23-17-12-10-15(11-13-17)14-18(21(26)16-6-2-1-3-7-16)22-24-19-8-4-5-9-20(19)25-22/h1-14H,(H,24,25). The van der Waals surface area contributed by atoms with Crippen molar-refractivity contribution >= 4 is 28.5 Å². The van der Waals surface area contributed by atoms with Gasteiger partial charge in [0.15, 0.2) is 5.78 Å². The lowest BCUT2D eigenvalue weighted by molar-refractivity contribution is 0.105. The average Bonchev–Trinajstić information content (AvgIpc) is 3.11. The zero-order chi connectivity index (χ0) is 17.9. The molecule has 0 aliphatic heterocycles.